The lowest BCUT2D eigenvalue weighted by Crippen LogP contribution is -2.42. The van der Waals surface area contributed by atoms with Gasteiger partial charge in [-0.05, 0) is 38.3 Å². The minimum absolute atomic E-state index is 0.0204. The highest BCUT2D eigenvalue weighted by Gasteiger charge is 2.23. The van der Waals surface area contributed by atoms with Gasteiger partial charge in [0.05, 0.1) is 11.7 Å². The molecule has 0 saturated carbocycles. The Morgan fingerprint density at radius 1 is 1.42 bits per heavy atom. The van der Waals surface area contributed by atoms with Crippen molar-refractivity contribution in [1.82, 2.24) is 15.1 Å². The lowest BCUT2D eigenvalue weighted by molar-refractivity contribution is 0.215. The monoisotopic (exact) mass is 267 g/mol. The average molecular weight is 267 g/mol. The summed E-state index contributed by atoms with van der Waals surface area (Å²) in [5.41, 5.74) is 0.881. The number of rotatable bonds is 6. The third-order valence-electron chi connectivity index (χ3n) is 4.17. The van der Waals surface area contributed by atoms with Crippen LogP contribution in [0.3, 0.4) is 0 Å². The molecule has 0 aromatic carbocycles. The minimum atomic E-state index is -0.814. The zero-order valence-electron chi connectivity index (χ0n) is 12.1. The van der Waals surface area contributed by atoms with Crippen molar-refractivity contribution in [3.63, 3.8) is 0 Å². The Balaban J connectivity index is 1.91. The molecule has 2 rings (SSSR count). The number of hydrogen-bond acceptors (Lipinski definition) is 2. The molecule has 1 aromatic heterocycles. The molecule has 3 nitrogen and oxygen atoms in total. The van der Waals surface area contributed by atoms with E-state index < -0.39 is 6.17 Å². The third kappa shape index (κ3) is 3.78. The van der Waals surface area contributed by atoms with Crippen LogP contribution in [0.5, 0.6) is 0 Å². The van der Waals surface area contributed by atoms with Crippen LogP contribution >= 0.6 is 0 Å². The molecule has 19 heavy (non-hydrogen) atoms. The Morgan fingerprint density at radius 3 is 2.84 bits per heavy atom. The van der Waals surface area contributed by atoms with E-state index in [2.05, 4.69) is 24.3 Å². The normalized spacial score (nSPS) is 21.8. The van der Waals surface area contributed by atoms with E-state index in [1.165, 1.54) is 6.42 Å². The first-order chi connectivity index (χ1) is 9.24. The van der Waals surface area contributed by atoms with Crippen molar-refractivity contribution in [3.8, 4) is 0 Å². The second-order valence-corrected chi connectivity index (χ2v) is 5.53. The first-order valence-electron chi connectivity index (χ1n) is 7.66. The van der Waals surface area contributed by atoms with Crippen LogP contribution in [0.4, 0.5) is 4.39 Å². The molecule has 0 radical (unpaired) electrons. The van der Waals surface area contributed by atoms with Crippen molar-refractivity contribution in [2.45, 2.75) is 70.6 Å². The van der Waals surface area contributed by atoms with Crippen molar-refractivity contribution in [3.05, 3.63) is 18.0 Å². The van der Waals surface area contributed by atoms with Crippen LogP contribution in [0.15, 0.2) is 12.3 Å². The van der Waals surface area contributed by atoms with Crippen LogP contribution in [0.2, 0.25) is 0 Å². The first kappa shape index (κ1) is 14.5. The number of piperidine rings is 1. The Bertz CT molecular complexity index is 367. The van der Waals surface area contributed by atoms with E-state index in [-0.39, 0.29) is 6.04 Å². The van der Waals surface area contributed by atoms with Crippen LogP contribution in [-0.2, 0) is 6.42 Å². The van der Waals surface area contributed by atoms with Crippen molar-refractivity contribution in [2.75, 3.05) is 6.54 Å². The fourth-order valence-corrected chi connectivity index (χ4v) is 2.88. The highest BCUT2D eigenvalue weighted by molar-refractivity contribution is 5.03. The van der Waals surface area contributed by atoms with E-state index in [1.54, 1.807) is 0 Å². The maximum absolute atomic E-state index is 14.2. The van der Waals surface area contributed by atoms with Crippen LogP contribution in [0.25, 0.3) is 0 Å². The summed E-state index contributed by atoms with van der Waals surface area (Å²) in [4.78, 5) is 0. The lowest BCUT2D eigenvalue weighted by atomic mass is 9.98. The molecule has 2 unspecified atom stereocenters. The topological polar surface area (TPSA) is 29.9 Å². The summed E-state index contributed by atoms with van der Waals surface area (Å²) in [6.45, 7) is 5.28. The van der Waals surface area contributed by atoms with E-state index in [1.807, 2.05) is 16.9 Å². The average Bonchev–Trinajstić information content (AvgIpc) is 2.89. The Kier molecular flexibility index (Phi) is 5.37. The number of nitrogens with zero attached hydrogens (tertiary/aromatic N) is 2. The predicted octanol–water partition coefficient (Wildman–Crippen LogP) is 3.27. The third-order valence-corrected chi connectivity index (χ3v) is 4.17. The fourth-order valence-electron chi connectivity index (χ4n) is 2.88. The molecular formula is C15H26FN3. The maximum Gasteiger partial charge on any atom is 0.121 e. The SMILES string of the molecule is CCC(CC)n1ccc(CC(F)C2CCCCN2)n1. The summed E-state index contributed by atoms with van der Waals surface area (Å²) in [5, 5.41) is 7.82. The number of halogens is 1. The zero-order valence-corrected chi connectivity index (χ0v) is 12.1. The molecule has 0 aliphatic carbocycles. The molecule has 0 bridgehead atoms. The number of aromatic nitrogens is 2. The van der Waals surface area contributed by atoms with Gasteiger partial charge < -0.3 is 5.32 Å². The first-order valence-corrected chi connectivity index (χ1v) is 7.66. The van der Waals surface area contributed by atoms with Gasteiger partial charge in [-0.15, -0.1) is 0 Å². The van der Waals surface area contributed by atoms with Gasteiger partial charge in [-0.3, -0.25) is 4.68 Å². The molecule has 2 atom stereocenters. The van der Waals surface area contributed by atoms with Crippen molar-refractivity contribution < 1.29 is 4.39 Å². The van der Waals surface area contributed by atoms with E-state index in [9.17, 15) is 4.39 Å². The molecule has 1 aliphatic rings. The molecule has 108 valence electrons. The van der Waals surface area contributed by atoms with Gasteiger partial charge in [-0.1, -0.05) is 20.3 Å². The van der Waals surface area contributed by atoms with Gasteiger partial charge in [0.2, 0.25) is 0 Å². The largest absolute Gasteiger partial charge is 0.311 e. The molecule has 0 spiro atoms. The number of alkyl halides is 1. The molecule has 1 aromatic rings. The maximum atomic E-state index is 14.2. The molecule has 2 heterocycles. The van der Waals surface area contributed by atoms with Crippen molar-refractivity contribution in [2.24, 2.45) is 0 Å². The van der Waals surface area contributed by atoms with Crippen LogP contribution in [-0.4, -0.2) is 28.5 Å². The highest BCUT2D eigenvalue weighted by atomic mass is 19.1. The lowest BCUT2D eigenvalue weighted by Gasteiger charge is -2.26. The Labute approximate surface area is 115 Å². The second kappa shape index (κ2) is 7.04. The van der Waals surface area contributed by atoms with Crippen molar-refractivity contribution >= 4 is 0 Å². The molecule has 1 N–H and O–H groups in total. The quantitative estimate of drug-likeness (QED) is 0.857. The zero-order chi connectivity index (χ0) is 13.7. The van der Waals surface area contributed by atoms with Crippen LogP contribution in [0, 0.1) is 0 Å². The standard InChI is InChI=1S/C15H26FN3/c1-3-13(4-2)19-10-8-12(18-19)11-14(16)15-7-5-6-9-17-15/h8,10,13-15,17H,3-7,9,11H2,1-2H3. The molecule has 0 amide bonds. The second-order valence-electron chi connectivity index (χ2n) is 5.53. The van der Waals surface area contributed by atoms with Gasteiger partial charge in [0.1, 0.15) is 6.17 Å². The Morgan fingerprint density at radius 2 is 2.21 bits per heavy atom. The molecule has 1 aliphatic heterocycles. The smallest absolute Gasteiger partial charge is 0.121 e. The van der Waals surface area contributed by atoms with Gasteiger partial charge in [0, 0.05) is 18.7 Å². The molecule has 1 saturated heterocycles. The molecule has 4 heteroatoms. The highest BCUT2D eigenvalue weighted by Crippen LogP contribution is 2.18. The van der Waals surface area contributed by atoms with Gasteiger partial charge in [0.25, 0.3) is 0 Å². The van der Waals surface area contributed by atoms with Gasteiger partial charge in [0.15, 0.2) is 0 Å². The van der Waals surface area contributed by atoms with Crippen LogP contribution in [0.1, 0.15) is 57.7 Å². The molecular weight excluding hydrogens is 241 g/mol. The summed E-state index contributed by atoms with van der Waals surface area (Å²) in [7, 11) is 0. The van der Waals surface area contributed by atoms with Gasteiger partial charge >= 0.3 is 0 Å². The summed E-state index contributed by atoms with van der Waals surface area (Å²) in [6, 6.07) is 2.43. The minimum Gasteiger partial charge on any atom is -0.311 e. The van der Waals surface area contributed by atoms with E-state index in [0.717, 1.165) is 37.9 Å². The fraction of sp³-hybridized carbons (Fsp3) is 0.800. The van der Waals surface area contributed by atoms with Gasteiger partial charge in [-0.25, -0.2) is 4.39 Å². The summed E-state index contributed by atoms with van der Waals surface area (Å²) >= 11 is 0. The van der Waals surface area contributed by atoms with Crippen LogP contribution < -0.4 is 5.32 Å². The van der Waals surface area contributed by atoms with E-state index in [0.29, 0.717) is 12.5 Å². The van der Waals surface area contributed by atoms with Crippen molar-refractivity contribution in [1.29, 1.82) is 0 Å². The molecule has 1 fully saturated rings. The predicted molar refractivity (Wildman–Crippen MR) is 76.1 cm³/mol. The van der Waals surface area contributed by atoms with Gasteiger partial charge in [-0.2, -0.15) is 5.10 Å². The summed E-state index contributed by atoms with van der Waals surface area (Å²) in [6.07, 6.45) is 7.02. The van der Waals surface area contributed by atoms with E-state index >= 15 is 0 Å². The Hall–Kier alpha value is -0.900. The number of hydrogen-bond donors (Lipinski definition) is 1. The van der Waals surface area contributed by atoms with E-state index in [4.69, 9.17) is 0 Å². The number of nitrogens with one attached hydrogen (secondary N) is 1. The summed E-state index contributed by atoms with van der Waals surface area (Å²) < 4.78 is 16.2. The summed E-state index contributed by atoms with van der Waals surface area (Å²) in [5.74, 6) is 0.